The molecule has 0 fully saturated rings. The number of thiophene rings is 1. The lowest BCUT2D eigenvalue weighted by atomic mass is 10.2. The number of anilines is 1. The minimum atomic E-state index is -0.806. The smallest absolute Gasteiger partial charge is 0.304 e. The number of nitro benzene ring substituents is 1. The summed E-state index contributed by atoms with van der Waals surface area (Å²) in [5, 5.41) is 17.4. The number of benzene rings is 1. The average molecular weight is 252 g/mol. The second kappa shape index (κ2) is 4.92. The van der Waals surface area contributed by atoms with Crippen LogP contribution >= 0.6 is 11.3 Å². The lowest BCUT2D eigenvalue weighted by Crippen LogP contribution is -2.00. The van der Waals surface area contributed by atoms with Gasteiger partial charge in [-0.1, -0.05) is 6.07 Å². The van der Waals surface area contributed by atoms with Crippen LogP contribution in [-0.2, 0) is 6.54 Å². The molecule has 0 bridgehead atoms. The Labute approximate surface area is 101 Å². The molecule has 6 heteroatoms. The minimum Gasteiger partial charge on any atom is -0.380 e. The zero-order valence-corrected chi connectivity index (χ0v) is 9.54. The molecule has 1 N–H and O–H groups in total. The number of nitrogens with zero attached hydrogens (tertiary/aromatic N) is 1. The van der Waals surface area contributed by atoms with E-state index in [-0.39, 0.29) is 0 Å². The van der Waals surface area contributed by atoms with E-state index in [1.165, 1.54) is 12.1 Å². The molecule has 0 spiro atoms. The Balaban J connectivity index is 2.07. The SMILES string of the molecule is O=[N+]([O-])c1ccc(CNc2ccsc2)cc1F. The van der Waals surface area contributed by atoms with Crippen molar-refractivity contribution in [2.24, 2.45) is 0 Å². The van der Waals surface area contributed by atoms with Gasteiger partial charge in [0.25, 0.3) is 0 Å². The zero-order valence-electron chi connectivity index (χ0n) is 8.72. The maximum Gasteiger partial charge on any atom is 0.304 e. The minimum absolute atomic E-state index is 0.436. The zero-order chi connectivity index (χ0) is 12.3. The molecule has 1 aromatic heterocycles. The topological polar surface area (TPSA) is 55.2 Å². The number of nitro groups is 1. The van der Waals surface area contributed by atoms with Gasteiger partial charge in [-0.2, -0.15) is 15.7 Å². The Morgan fingerprint density at radius 1 is 1.41 bits per heavy atom. The Kier molecular flexibility index (Phi) is 3.34. The van der Waals surface area contributed by atoms with Crippen LogP contribution in [0.1, 0.15) is 5.56 Å². The van der Waals surface area contributed by atoms with E-state index in [2.05, 4.69) is 5.32 Å². The van der Waals surface area contributed by atoms with E-state index in [1.807, 2.05) is 16.8 Å². The molecule has 88 valence electrons. The van der Waals surface area contributed by atoms with Gasteiger partial charge in [-0.15, -0.1) is 0 Å². The second-order valence-electron chi connectivity index (χ2n) is 3.41. The molecular formula is C11H9FN2O2S. The first kappa shape index (κ1) is 11.5. The summed E-state index contributed by atoms with van der Waals surface area (Å²) in [5.74, 6) is -0.806. The lowest BCUT2D eigenvalue weighted by Gasteiger charge is -2.04. The lowest BCUT2D eigenvalue weighted by molar-refractivity contribution is -0.387. The van der Waals surface area contributed by atoms with E-state index in [0.717, 1.165) is 5.69 Å². The molecule has 0 amide bonds. The van der Waals surface area contributed by atoms with Gasteiger partial charge >= 0.3 is 5.69 Å². The average Bonchev–Trinajstić information content (AvgIpc) is 2.78. The summed E-state index contributed by atoms with van der Waals surface area (Å²) in [6.45, 7) is 0.436. The standard InChI is InChI=1S/C11H9FN2O2S/c12-10-5-8(1-2-11(10)14(15)16)6-13-9-3-4-17-7-9/h1-5,7,13H,6H2. The van der Waals surface area contributed by atoms with E-state index in [0.29, 0.717) is 12.1 Å². The highest BCUT2D eigenvalue weighted by molar-refractivity contribution is 7.08. The van der Waals surface area contributed by atoms with E-state index < -0.39 is 16.4 Å². The predicted octanol–water partition coefficient (Wildman–Crippen LogP) is 3.41. The normalized spacial score (nSPS) is 10.2. The second-order valence-corrected chi connectivity index (χ2v) is 4.19. The first-order valence-electron chi connectivity index (χ1n) is 4.85. The van der Waals surface area contributed by atoms with Gasteiger partial charge in [0.2, 0.25) is 5.82 Å². The van der Waals surface area contributed by atoms with Crippen molar-refractivity contribution in [3.05, 3.63) is 56.5 Å². The van der Waals surface area contributed by atoms with Gasteiger partial charge in [0, 0.05) is 23.7 Å². The van der Waals surface area contributed by atoms with Gasteiger partial charge in [0.15, 0.2) is 0 Å². The molecule has 0 unspecified atom stereocenters. The van der Waals surface area contributed by atoms with Crippen molar-refractivity contribution < 1.29 is 9.31 Å². The first-order chi connectivity index (χ1) is 8.16. The highest BCUT2D eigenvalue weighted by atomic mass is 32.1. The summed E-state index contributed by atoms with van der Waals surface area (Å²) in [6.07, 6.45) is 0. The Bertz CT molecular complexity index is 528. The fourth-order valence-corrected chi connectivity index (χ4v) is 1.99. The highest BCUT2D eigenvalue weighted by Crippen LogP contribution is 2.19. The quantitative estimate of drug-likeness (QED) is 0.670. The third-order valence-electron chi connectivity index (χ3n) is 2.23. The van der Waals surface area contributed by atoms with Crippen LogP contribution in [0.3, 0.4) is 0 Å². The fraction of sp³-hybridized carbons (Fsp3) is 0.0909. The fourth-order valence-electron chi connectivity index (χ4n) is 1.38. The number of hydrogen-bond donors (Lipinski definition) is 1. The maximum absolute atomic E-state index is 13.3. The molecule has 4 nitrogen and oxygen atoms in total. The van der Waals surface area contributed by atoms with Gasteiger partial charge in [0.05, 0.1) is 4.92 Å². The van der Waals surface area contributed by atoms with Crippen molar-refractivity contribution in [2.75, 3.05) is 5.32 Å². The molecule has 0 aliphatic carbocycles. The summed E-state index contributed by atoms with van der Waals surface area (Å²) in [7, 11) is 0. The molecule has 1 heterocycles. The predicted molar refractivity (Wildman–Crippen MR) is 64.7 cm³/mol. The van der Waals surface area contributed by atoms with Gasteiger partial charge in [-0.25, -0.2) is 0 Å². The van der Waals surface area contributed by atoms with E-state index in [1.54, 1.807) is 17.4 Å². The molecule has 0 saturated heterocycles. The number of halogens is 1. The molecule has 0 aliphatic rings. The van der Waals surface area contributed by atoms with Gasteiger partial charge in [0.1, 0.15) is 0 Å². The monoisotopic (exact) mass is 252 g/mol. The first-order valence-corrected chi connectivity index (χ1v) is 5.80. The summed E-state index contributed by atoms with van der Waals surface area (Å²) in [6, 6.07) is 5.81. The Morgan fingerprint density at radius 3 is 2.82 bits per heavy atom. The summed E-state index contributed by atoms with van der Waals surface area (Å²) >= 11 is 1.56. The van der Waals surface area contributed by atoms with Gasteiger partial charge in [-0.05, 0) is 23.1 Å². The van der Waals surface area contributed by atoms with Gasteiger partial charge in [-0.3, -0.25) is 10.1 Å². The number of hydrogen-bond acceptors (Lipinski definition) is 4. The van der Waals surface area contributed by atoms with Crippen molar-refractivity contribution in [1.82, 2.24) is 0 Å². The molecule has 2 aromatic rings. The third kappa shape index (κ3) is 2.79. The molecule has 0 radical (unpaired) electrons. The summed E-state index contributed by atoms with van der Waals surface area (Å²) < 4.78 is 13.3. The van der Waals surface area contributed by atoms with E-state index in [4.69, 9.17) is 0 Å². The molecular weight excluding hydrogens is 243 g/mol. The van der Waals surface area contributed by atoms with Crippen LogP contribution in [0.2, 0.25) is 0 Å². The summed E-state index contributed by atoms with van der Waals surface area (Å²) in [5.41, 5.74) is 1.12. The van der Waals surface area contributed by atoms with Crippen LogP contribution < -0.4 is 5.32 Å². The summed E-state index contributed by atoms with van der Waals surface area (Å²) in [4.78, 5) is 9.70. The van der Waals surface area contributed by atoms with Crippen molar-refractivity contribution in [3.8, 4) is 0 Å². The molecule has 17 heavy (non-hydrogen) atoms. The van der Waals surface area contributed by atoms with Crippen LogP contribution in [0.4, 0.5) is 15.8 Å². The van der Waals surface area contributed by atoms with Crippen LogP contribution in [0.15, 0.2) is 35.0 Å². The van der Waals surface area contributed by atoms with Crippen molar-refractivity contribution in [3.63, 3.8) is 0 Å². The van der Waals surface area contributed by atoms with E-state index in [9.17, 15) is 14.5 Å². The van der Waals surface area contributed by atoms with Crippen LogP contribution in [-0.4, -0.2) is 4.92 Å². The molecule has 0 saturated carbocycles. The van der Waals surface area contributed by atoms with Crippen LogP contribution in [0.5, 0.6) is 0 Å². The third-order valence-corrected chi connectivity index (χ3v) is 2.91. The largest absolute Gasteiger partial charge is 0.380 e. The van der Waals surface area contributed by atoms with Crippen LogP contribution in [0, 0.1) is 15.9 Å². The Hall–Kier alpha value is -1.95. The molecule has 0 aliphatic heterocycles. The van der Waals surface area contributed by atoms with Crippen molar-refractivity contribution in [1.29, 1.82) is 0 Å². The molecule has 0 atom stereocenters. The number of rotatable bonds is 4. The molecule has 2 rings (SSSR count). The van der Waals surface area contributed by atoms with Crippen molar-refractivity contribution >= 4 is 22.7 Å². The van der Waals surface area contributed by atoms with Crippen LogP contribution in [0.25, 0.3) is 0 Å². The highest BCUT2D eigenvalue weighted by Gasteiger charge is 2.13. The van der Waals surface area contributed by atoms with Crippen molar-refractivity contribution in [2.45, 2.75) is 6.54 Å². The number of nitrogens with one attached hydrogen (secondary N) is 1. The van der Waals surface area contributed by atoms with Gasteiger partial charge < -0.3 is 5.32 Å². The van der Waals surface area contributed by atoms with E-state index >= 15 is 0 Å². The Morgan fingerprint density at radius 2 is 2.24 bits per heavy atom. The maximum atomic E-state index is 13.3. The molecule has 1 aromatic carbocycles.